The van der Waals surface area contributed by atoms with Gasteiger partial charge in [-0.05, 0) is 42.2 Å². The van der Waals surface area contributed by atoms with Crippen molar-refractivity contribution in [3.63, 3.8) is 0 Å². The molecule has 0 bridgehead atoms. The molecule has 2 amide bonds. The van der Waals surface area contributed by atoms with Crippen LogP contribution < -0.4 is 0 Å². The van der Waals surface area contributed by atoms with Crippen molar-refractivity contribution in [3.05, 3.63) is 69.3 Å². The first-order valence-corrected chi connectivity index (χ1v) is 12.4. The van der Waals surface area contributed by atoms with Crippen molar-refractivity contribution in [2.24, 2.45) is 0 Å². The number of aryl methyl sites for hydroxylation is 1. The number of fused-ring (bicyclic) bond motifs is 1. The molecule has 1 aliphatic rings. The molecule has 1 N–H and O–H groups in total. The maximum absolute atomic E-state index is 13.4. The molecule has 0 unspecified atom stereocenters. The molecule has 2 heterocycles. The van der Waals surface area contributed by atoms with Gasteiger partial charge in [0.15, 0.2) is 0 Å². The van der Waals surface area contributed by atoms with Gasteiger partial charge in [0.1, 0.15) is 0 Å². The molecule has 1 atom stereocenters. The number of aromatic amines is 1. The summed E-state index contributed by atoms with van der Waals surface area (Å²) in [6.45, 7) is 6.16. The van der Waals surface area contributed by atoms with Gasteiger partial charge in [0.05, 0.1) is 16.7 Å². The number of piperazine rings is 1. The Bertz CT molecular complexity index is 1190. The number of halogens is 2. The first kappa shape index (κ1) is 24.4. The van der Waals surface area contributed by atoms with E-state index in [-0.39, 0.29) is 17.9 Å². The smallest absolute Gasteiger partial charge is 0.409 e. The largest absolute Gasteiger partial charge is 0.450 e. The summed E-state index contributed by atoms with van der Waals surface area (Å²) in [5.74, 6) is -0.146. The molecule has 180 valence electrons. The molecule has 1 fully saturated rings. The number of ether oxygens (including phenoxy) is 1. The third-order valence-corrected chi connectivity index (χ3v) is 7.21. The van der Waals surface area contributed by atoms with Crippen LogP contribution in [-0.4, -0.2) is 59.6 Å². The van der Waals surface area contributed by atoms with Crippen molar-refractivity contribution in [1.82, 2.24) is 14.8 Å². The van der Waals surface area contributed by atoms with Gasteiger partial charge in [-0.15, -0.1) is 0 Å². The van der Waals surface area contributed by atoms with Crippen LogP contribution >= 0.6 is 23.2 Å². The maximum atomic E-state index is 13.4. The Morgan fingerprint density at radius 3 is 2.44 bits per heavy atom. The Kier molecular flexibility index (Phi) is 7.69. The fourth-order valence-corrected chi connectivity index (χ4v) is 4.92. The van der Waals surface area contributed by atoms with E-state index in [0.717, 1.165) is 28.5 Å². The highest BCUT2D eigenvalue weighted by atomic mass is 35.5. The van der Waals surface area contributed by atoms with Crippen LogP contribution in [-0.2, 0) is 16.0 Å². The van der Waals surface area contributed by atoms with Gasteiger partial charge in [0.25, 0.3) is 0 Å². The Balaban J connectivity index is 1.61. The van der Waals surface area contributed by atoms with E-state index in [9.17, 15) is 9.59 Å². The van der Waals surface area contributed by atoms with E-state index in [1.807, 2.05) is 23.2 Å². The number of nitrogens with zero attached hydrogens (tertiary/aromatic N) is 2. The van der Waals surface area contributed by atoms with Gasteiger partial charge in [-0.25, -0.2) is 4.79 Å². The average Bonchev–Trinajstić information content (AvgIpc) is 3.28. The Morgan fingerprint density at radius 1 is 1.03 bits per heavy atom. The predicted octanol–water partition coefficient (Wildman–Crippen LogP) is 5.86. The minimum atomic E-state index is -0.325. The second-order valence-corrected chi connectivity index (χ2v) is 9.25. The summed E-state index contributed by atoms with van der Waals surface area (Å²) in [7, 11) is 0. The molecule has 0 spiro atoms. The molecule has 0 saturated carbocycles. The molecule has 1 saturated heterocycles. The molecule has 1 aromatic heterocycles. The zero-order chi connectivity index (χ0) is 24.2. The normalized spacial score (nSPS) is 14.9. The van der Waals surface area contributed by atoms with Gasteiger partial charge in [-0.2, -0.15) is 0 Å². The molecule has 1 aliphatic heterocycles. The third kappa shape index (κ3) is 5.03. The topological polar surface area (TPSA) is 65.6 Å². The second kappa shape index (κ2) is 10.7. The minimum Gasteiger partial charge on any atom is -0.450 e. The van der Waals surface area contributed by atoms with Crippen LogP contribution in [0.1, 0.15) is 42.9 Å². The lowest BCUT2D eigenvalue weighted by atomic mass is 9.87. The fourth-order valence-electron chi connectivity index (χ4n) is 4.62. The molecule has 3 aromatic rings. The Morgan fingerprint density at radius 2 is 1.76 bits per heavy atom. The summed E-state index contributed by atoms with van der Waals surface area (Å²) < 4.78 is 5.09. The van der Waals surface area contributed by atoms with Crippen molar-refractivity contribution < 1.29 is 14.3 Å². The summed E-state index contributed by atoms with van der Waals surface area (Å²) in [4.78, 5) is 32.3. The predicted molar refractivity (Wildman–Crippen MR) is 136 cm³/mol. The number of para-hydroxylation sites is 1. The van der Waals surface area contributed by atoms with Gasteiger partial charge in [-0.3, -0.25) is 4.79 Å². The van der Waals surface area contributed by atoms with Crippen LogP contribution in [0.2, 0.25) is 10.0 Å². The van der Waals surface area contributed by atoms with Crippen LogP contribution in [0.5, 0.6) is 0 Å². The first-order chi connectivity index (χ1) is 16.4. The number of hydrogen-bond donors (Lipinski definition) is 1. The zero-order valence-corrected chi connectivity index (χ0v) is 21.0. The van der Waals surface area contributed by atoms with Crippen LogP contribution in [0.4, 0.5) is 4.79 Å². The highest BCUT2D eigenvalue weighted by Gasteiger charge is 2.29. The van der Waals surface area contributed by atoms with E-state index in [1.165, 1.54) is 5.56 Å². The number of benzene rings is 2. The van der Waals surface area contributed by atoms with Crippen molar-refractivity contribution >= 4 is 46.1 Å². The molecular weight excluding hydrogens is 473 g/mol. The SMILES string of the molecule is CCOC(=O)N1CCN(C(=O)C[C@H](c2ccc(Cl)c(Cl)c2)c2c[nH]c3c(CC)cccc23)CC1. The van der Waals surface area contributed by atoms with Gasteiger partial charge in [0, 0.05) is 55.6 Å². The lowest BCUT2D eigenvalue weighted by Crippen LogP contribution is -2.50. The highest BCUT2D eigenvalue weighted by molar-refractivity contribution is 6.42. The number of rotatable bonds is 6. The molecule has 4 rings (SSSR count). The van der Waals surface area contributed by atoms with Crippen molar-refractivity contribution in [2.45, 2.75) is 32.6 Å². The Labute approximate surface area is 209 Å². The summed E-state index contributed by atoms with van der Waals surface area (Å²) >= 11 is 12.5. The zero-order valence-electron chi connectivity index (χ0n) is 19.4. The lowest BCUT2D eigenvalue weighted by molar-refractivity contribution is -0.133. The number of carbonyl (C=O) groups excluding carboxylic acids is 2. The van der Waals surface area contributed by atoms with Crippen LogP contribution in [0.15, 0.2) is 42.6 Å². The summed E-state index contributed by atoms with van der Waals surface area (Å²) in [6, 6.07) is 11.8. The standard InChI is InChI=1S/C26H29Cl2N3O3/c1-3-17-6-5-7-19-21(16-29-25(17)19)20(18-8-9-22(27)23(28)14-18)15-24(32)30-10-12-31(13-11-30)26(33)34-4-2/h5-9,14,16,20,29H,3-4,10-13,15H2,1-2H3/t20-/m1/s1. The molecule has 6 nitrogen and oxygen atoms in total. The van der Waals surface area contributed by atoms with Crippen LogP contribution in [0, 0.1) is 0 Å². The number of nitrogens with one attached hydrogen (secondary N) is 1. The molecular formula is C26H29Cl2N3O3. The lowest BCUT2D eigenvalue weighted by Gasteiger charge is -2.34. The summed E-state index contributed by atoms with van der Waals surface area (Å²) in [5, 5.41) is 2.06. The number of aromatic nitrogens is 1. The van der Waals surface area contributed by atoms with Gasteiger partial charge in [0.2, 0.25) is 5.91 Å². The molecule has 0 aliphatic carbocycles. The van der Waals surface area contributed by atoms with Gasteiger partial charge < -0.3 is 19.5 Å². The number of carbonyl (C=O) groups is 2. The summed E-state index contributed by atoms with van der Waals surface area (Å²) in [6.07, 6.45) is 2.89. The monoisotopic (exact) mass is 501 g/mol. The van der Waals surface area contributed by atoms with Crippen molar-refractivity contribution in [2.75, 3.05) is 32.8 Å². The first-order valence-electron chi connectivity index (χ1n) is 11.7. The Hall–Kier alpha value is -2.70. The number of H-pyrrole nitrogens is 1. The van der Waals surface area contributed by atoms with E-state index in [4.69, 9.17) is 27.9 Å². The quantitative estimate of drug-likeness (QED) is 0.459. The average molecular weight is 502 g/mol. The molecule has 34 heavy (non-hydrogen) atoms. The van der Waals surface area contributed by atoms with Crippen molar-refractivity contribution in [3.8, 4) is 0 Å². The fraction of sp³-hybridized carbons (Fsp3) is 0.385. The van der Waals surface area contributed by atoms with Gasteiger partial charge in [-0.1, -0.05) is 54.4 Å². The van der Waals surface area contributed by atoms with Crippen molar-refractivity contribution in [1.29, 1.82) is 0 Å². The van der Waals surface area contributed by atoms with Crippen LogP contribution in [0.25, 0.3) is 10.9 Å². The van der Waals surface area contributed by atoms with Gasteiger partial charge >= 0.3 is 6.09 Å². The number of amides is 2. The number of hydrogen-bond acceptors (Lipinski definition) is 3. The molecule has 0 radical (unpaired) electrons. The molecule has 8 heteroatoms. The van der Waals surface area contributed by atoms with E-state index >= 15 is 0 Å². The third-order valence-electron chi connectivity index (χ3n) is 6.47. The second-order valence-electron chi connectivity index (χ2n) is 8.43. The van der Waals surface area contributed by atoms with E-state index < -0.39 is 0 Å². The maximum Gasteiger partial charge on any atom is 0.409 e. The van der Waals surface area contributed by atoms with Crippen LogP contribution in [0.3, 0.4) is 0 Å². The van der Waals surface area contributed by atoms with E-state index in [1.54, 1.807) is 17.9 Å². The highest BCUT2D eigenvalue weighted by Crippen LogP contribution is 2.37. The summed E-state index contributed by atoms with van der Waals surface area (Å²) in [5.41, 5.74) is 4.33. The van der Waals surface area contributed by atoms with E-state index in [0.29, 0.717) is 49.3 Å². The molecule has 2 aromatic carbocycles. The van der Waals surface area contributed by atoms with E-state index in [2.05, 4.69) is 30.1 Å². The minimum absolute atomic E-state index is 0.0422.